The fraction of sp³-hybridized carbons (Fsp3) is 0.625. The molecule has 0 aliphatic heterocycles. The van der Waals surface area contributed by atoms with Crippen molar-refractivity contribution in [1.82, 2.24) is 0 Å². The summed E-state index contributed by atoms with van der Waals surface area (Å²) < 4.78 is 27.8. The largest absolute Gasteiger partial charge is 0.207 e. The van der Waals surface area contributed by atoms with Crippen molar-refractivity contribution in [2.45, 2.75) is 58.8 Å². The fourth-order valence-electron chi connectivity index (χ4n) is 3.01. The van der Waals surface area contributed by atoms with Crippen LogP contribution in [0.1, 0.15) is 55.7 Å². The molecule has 1 unspecified atom stereocenters. The van der Waals surface area contributed by atoms with Crippen LogP contribution < -0.4 is 0 Å². The Morgan fingerprint density at radius 3 is 2.72 bits per heavy atom. The highest BCUT2D eigenvalue weighted by atomic mass is 19.1. The van der Waals surface area contributed by atoms with Crippen LogP contribution in [-0.2, 0) is 12.8 Å². The summed E-state index contributed by atoms with van der Waals surface area (Å²) >= 11 is 0. The molecule has 0 saturated heterocycles. The molecule has 0 N–H and O–H groups in total. The third kappa shape index (κ3) is 2.73. The quantitative estimate of drug-likeness (QED) is 0.664. The van der Waals surface area contributed by atoms with Crippen molar-refractivity contribution in [3.05, 3.63) is 34.4 Å². The topological polar surface area (TPSA) is 0 Å². The van der Waals surface area contributed by atoms with Crippen LogP contribution in [0.15, 0.2) is 6.07 Å². The van der Waals surface area contributed by atoms with Gasteiger partial charge in [0.1, 0.15) is 11.6 Å². The average Bonchev–Trinajstić information content (AvgIpc) is 2.36. The van der Waals surface area contributed by atoms with Crippen molar-refractivity contribution in [1.29, 1.82) is 0 Å². The van der Waals surface area contributed by atoms with Crippen LogP contribution in [-0.4, -0.2) is 0 Å². The number of unbranched alkanes of at least 4 members (excludes halogenated alkanes) is 2. The van der Waals surface area contributed by atoms with Gasteiger partial charge in [-0.1, -0.05) is 32.6 Å². The Bertz CT molecular complexity index is 424. The van der Waals surface area contributed by atoms with Gasteiger partial charge in [0.05, 0.1) is 0 Å². The molecule has 0 nitrogen and oxygen atoms in total. The van der Waals surface area contributed by atoms with Gasteiger partial charge in [0.2, 0.25) is 0 Å². The van der Waals surface area contributed by atoms with E-state index in [0.29, 0.717) is 29.0 Å². The zero-order valence-corrected chi connectivity index (χ0v) is 11.4. The molecule has 1 aromatic carbocycles. The van der Waals surface area contributed by atoms with Crippen LogP contribution in [0.5, 0.6) is 0 Å². The number of halogens is 2. The maximum absolute atomic E-state index is 13.9. The molecule has 1 atom stereocenters. The molecule has 0 amide bonds. The number of aryl methyl sites for hydroxylation is 1. The molecule has 18 heavy (non-hydrogen) atoms. The van der Waals surface area contributed by atoms with Crippen LogP contribution in [0, 0.1) is 24.5 Å². The van der Waals surface area contributed by atoms with Gasteiger partial charge in [-0.2, -0.15) is 0 Å². The minimum Gasteiger partial charge on any atom is -0.207 e. The van der Waals surface area contributed by atoms with Crippen LogP contribution >= 0.6 is 0 Å². The van der Waals surface area contributed by atoms with Crippen molar-refractivity contribution in [2.24, 2.45) is 5.92 Å². The number of hydrogen-bond donors (Lipinski definition) is 0. The summed E-state index contributed by atoms with van der Waals surface area (Å²) in [6.45, 7) is 3.83. The van der Waals surface area contributed by atoms with E-state index in [1.807, 2.05) is 0 Å². The van der Waals surface area contributed by atoms with Gasteiger partial charge in [0.15, 0.2) is 0 Å². The Balaban J connectivity index is 2.12. The van der Waals surface area contributed by atoms with E-state index in [-0.39, 0.29) is 11.6 Å². The number of benzene rings is 1. The van der Waals surface area contributed by atoms with Crippen LogP contribution in [0.25, 0.3) is 0 Å². The molecule has 0 saturated carbocycles. The summed E-state index contributed by atoms with van der Waals surface area (Å²) in [5.74, 6) is 0.156. The van der Waals surface area contributed by atoms with Gasteiger partial charge in [-0.15, -0.1) is 0 Å². The van der Waals surface area contributed by atoms with Gasteiger partial charge in [0.25, 0.3) is 0 Å². The molecule has 100 valence electrons. The Morgan fingerprint density at radius 2 is 2.00 bits per heavy atom. The van der Waals surface area contributed by atoms with Crippen molar-refractivity contribution in [3.8, 4) is 0 Å². The molecule has 0 fully saturated rings. The normalized spacial score (nSPS) is 18.8. The second kappa shape index (κ2) is 5.81. The Morgan fingerprint density at radius 1 is 1.22 bits per heavy atom. The molecule has 0 spiro atoms. The molecule has 1 aliphatic rings. The SMILES string of the molecule is CCCCCC1CCc2c(F)c(C)cc(F)c2C1. The van der Waals surface area contributed by atoms with Gasteiger partial charge in [-0.3, -0.25) is 0 Å². The predicted octanol–water partition coefficient (Wildman–Crippen LogP) is 4.96. The summed E-state index contributed by atoms with van der Waals surface area (Å²) in [6, 6.07) is 1.35. The lowest BCUT2D eigenvalue weighted by Crippen LogP contribution is -2.18. The van der Waals surface area contributed by atoms with E-state index in [9.17, 15) is 8.78 Å². The molecule has 0 radical (unpaired) electrons. The van der Waals surface area contributed by atoms with Gasteiger partial charge in [-0.05, 0) is 54.9 Å². The fourth-order valence-corrected chi connectivity index (χ4v) is 3.01. The van der Waals surface area contributed by atoms with Crippen molar-refractivity contribution >= 4 is 0 Å². The van der Waals surface area contributed by atoms with E-state index < -0.39 is 0 Å². The van der Waals surface area contributed by atoms with E-state index >= 15 is 0 Å². The number of hydrogen-bond acceptors (Lipinski definition) is 0. The Hall–Kier alpha value is -0.920. The maximum atomic E-state index is 13.9. The maximum Gasteiger partial charge on any atom is 0.129 e. The number of rotatable bonds is 4. The first-order valence-electron chi connectivity index (χ1n) is 7.09. The standard InChI is InChI=1S/C16H22F2/c1-3-4-5-6-12-7-8-13-14(10-12)15(17)9-11(2)16(13)18/h9,12H,3-8,10H2,1-2H3. The first-order chi connectivity index (χ1) is 8.63. The molecular formula is C16H22F2. The van der Waals surface area contributed by atoms with Gasteiger partial charge < -0.3 is 0 Å². The second-order valence-corrected chi connectivity index (χ2v) is 5.55. The van der Waals surface area contributed by atoms with E-state index in [2.05, 4.69) is 6.92 Å². The molecular weight excluding hydrogens is 230 g/mol. The number of fused-ring (bicyclic) bond motifs is 1. The summed E-state index contributed by atoms with van der Waals surface area (Å²) in [5, 5.41) is 0. The van der Waals surface area contributed by atoms with Crippen molar-refractivity contribution in [3.63, 3.8) is 0 Å². The highest BCUT2D eigenvalue weighted by Gasteiger charge is 2.24. The summed E-state index contributed by atoms with van der Waals surface area (Å²) in [6.07, 6.45) is 7.27. The van der Waals surface area contributed by atoms with Crippen LogP contribution in [0.2, 0.25) is 0 Å². The van der Waals surface area contributed by atoms with E-state index in [4.69, 9.17) is 0 Å². The first kappa shape index (κ1) is 13.5. The monoisotopic (exact) mass is 252 g/mol. The second-order valence-electron chi connectivity index (χ2n) is 5.55. The lowest BCUT2D eigenvalue weighted by molar-refractivity contribution is 0.390. The smallest absolute Gasteiger partial charge is 0.129 e. The Kier molecular flexibility index (Phi) is 4.36. The molecule has 2 heteroatoms. The lowest BCUT2D eigenvalue weighted by Gasteiger charge is -2.26. The third-order valence-electron chi connectivity index (χ3n) is 4.12. The van der Waals surface area contributed by atoms with Gasteiger partial charge in [-0.25, -0.2) is 8.78 Å². The lowest BCUT2D eigenvalue weighted by atomic mass is 9.80. The molecule has 2 rings (SSSR count). The van der Waals surface area contributed by atoms with Crippen LogP contribution in [0.3, 0.4) is 0 Å². The van der Waals surface area contributed by atoms with E-state index in [1.165, 1.54) is 25.3 Å². The van der Waals surface area contributed by atoms with Gasteiger partial charge >= 0.3 is 0 Å². The highest BCUT2D eigenvalue weighted by molar-refractivity contribution is 5.36. The van der Waals surface area contributed by atoms with E-state index in [1.54, 1.807) is 6.92 Å². The molecule has 1 aromatic rings. The minimum absolute atomic E-state index is 0.182. The summed E-state index contributed by atoms with van der Waals surface area (Å²) in [7, 11) is 0. The van der Waals surface area contributed by atoms with Crippen LogP contribution in [0.4, 0.5) is 8.78 Å². The minimum atomic E-state index is -0.205. The zero-order valence-electron chi connectivity index (χ0n) is 11.4. The summed E-state index contributed by atoms with van der Waals surface area (Å²) in [5.41, 5.74) is 1.72. The van der Waals surface area contributed by atoms with Gasteiger partial charge in [0, 0.05) is 0 Å². The Labute approximate surface area is 108 Å². The molecule has 0 bridgehead atoms. The zero-order chi connectivity index (χ0) is 13.1. The van der Waals surface area contributed by atoms with Crippen molar-refractivity contribution < 1.29 is 8.78 Å². The third-order valence-corrected chi connectivity index (χ3v) is 4.12. The van der Waals surface area contributed by atoms with Crippen molar-refractivity contribution in [2.75, 3.05) is 0 Å². The first-order valence-corrected chi connectivity index (χ1v) is 7.09. The van der Waals surface area contributed by atoms with E-state index in [0.717, 1.165) is 19.3 Å². The predicted molar refractivity (Wildman–Crippen MR) is 70.8 cm³/mol. The average molecular weight is 252 g/mol. The summed E-state index contributed by atoms with van der Waals surface area (Å²) in [4.78, 5) is 0. The molecule has 0 heterocycles. The molecule has 1 aliphatic carbocycles. The molecule has 0 aromatic heterocycles. The highest BCUT2D eigenvalue weighted by Crippen LogP contribution is 2.33.